The van der Waals surface area contributed by atoms with E-state index in [0.29, 0.717) is 11.6 Å². The molecule has 0 atom stereocenters. The number of nitrogens with one attached hydrogen (secondary N) is 1. The van der Waals surface area contributed by atoms with Crippen LogP contribution < -0.4 is 5.32 Å². The van der Waals surface area contributed by atoms with Gasteiger partial charge in [0.1, 0.15) is 10.6 Å². The number of nitrogens with zero attached hydrogens (tertiary/aromatic N) is 3. The van der Waals surface area contributed by atoms with Gasteiger partial charge < -0.3 is 9.73 Å². The average Bonchev–Trinajstić information content (AvgIpc) is 3.29. The Morgan fingerprint density at radius 1 is 1.32 bits per heavy atom. The summed E-state index contributed by atoms with van der Waals surface area (Å²) in [7, 11) is 0. The minimum absolute atomic E-state index is 0.278. The van der Waals surface area contributed by atoms with E-state index >= 15 is 0 Å². The molecule has 1 fully saturated rings. The average molecular weight is 356 g/mol. The van der Waals surface area contributed by atoms with Gasteiger partial charge in [-0.3, -0.25) is 9.69 Å². The van der Waals surface area contributed by atoms with Crippen LogP contribution in [0.3, 0.4) is 0 Å². The number of fused-ring (bicyclic) bond motifs is 1. The van der Waals surface area contributed by atoms with Gasteiger partial charge in [-0.1, -0.05) is 0 Å². The SMILES string of the molecule is Cc1cc(C)c2c(NC(=O)c3ccc(CN4CCCC4)o3)nsc2n1. The van der Waals surface area contributed by atoms with Gasteiger partial charge in [-0.25, -0.2) is 4.98 Å². The first kappa shape index (κ1) is 16.2. The molecule has 0 aliphatic carbocycles. The lowest BCUT2D eigenvalue weighted by molar-refractivity contribution is 0.0993. The second-order valence-corrected chi connectivity index (χ2v) is 7.25. The van der Waals surface area contributed by atoms with Crippen LogP contribution in [0.5, 0.6) is 0 Å². The third-order valence-corrected chi connectivity index (χ3v) is 5.21. The summed E-state index contributed by atoms with van der Waals surface area (Å²) in [6.07, 6.45) is 2.47. The second-order valence-electron chi connectivity index (χ2n) is 6.50. The highest BCUT2D eigenvalue weighted by Gasteiger charge is 2.18. The maximum absolute atomic E-state index is 12.5. The Morgan fingerprint density at radius 2 is 2.12 bits per heavy atom. The molecule has 4 heterocycles. The lowest BCUT2D eigenvalue weighted by Gasteiger charge is -2.11. The van der Waals surface area contributed by atoms with Gasteiger partial charge >= 0.3 is 0 Å². The quantitative estimate of drug-likeness (QED) is 0.771. The molecule has 1 aliphatic heterocycles. The topological polar surface area (TPSA) is 71.3 Å². The number of furan rings is 1. The summed E-state index contributed by atoms with van der Waals surface area (Å²) < 4.78 is 10.1. The standard InChI is InChI=1S/C18H20N4O2S/c1-11-9-12(2)19-18-15(11)16(21-25-18)20-17(23)14-6-5-13(24-14)10-22-7-3-4-8-22/h5-6,9H,3-4,7-8,10H2,1-2H3,(H,20,21,23). The van der Waals surface area contributed by atoms with Gasteiger partial charge in [0.05, 0.1) is 11.9 Å². The highest BCUT2D eigenvalue weighted by molar-refractivity contribution is 7.13. The predicted molar refractivity (Wildman–Crippen MR) is 98.1 cm³/mol. The lowest BCUT2D eigenvalue weighted by atomic mass is 10.2. The minimum atomic E-state index is -0.278. The van der Waals surface area contributed by atoms with Crippen molar-refractivity contribution in [2.45, 2.75) is 33.2 Å². The molecule has 6 nitrogen and oxygen atoms in total. The number of hydrogen-bond acceptors (Lipinski definition) is 6. The fraction of sp³-hybridized carbons (Fsp3) is 0.389. The van der Waals surface area contributed by atoms with Crippen LogP contribution in [0.1, 0.15) is 40.4 Å². The zero-order valence-corrected chi connectivity index (χ0v) is 15.2. The molecule has 25 heavy (non-hydrogen) atoms. The molecule has 1 N–H and O–H groups in total. The highest BCUT2D eigenvalue weighted by atomic mass is 32.1. The van der Waals surface area contributed by atoms with Crippen molar-refractivity contribution in [3.05, 3.63) is 41.0 Å². The maximum atomic E-state index is 12.5. The van der Waals surface area contributed by atoms with Crippen molar-refractivity contribution in [1.29, 1.82) is 0 Å². The van der Waals surface area contributed by atoms with Crippen LogP contribution in [-0.4, -0.2) is 33.3 Å². The summed E-state index contributed by atoms with van der Waals surface area (Å²) in [5.74, 6) is 1.41. The number of aromatic nitrogens is 2. The van der Waals surface area contributed by atoms with Crippen molar-refractivity contribution < 1.29 is 9.21 Å². The number of aryl methyl sites for hydroxylation is 2. The van der Waals surface area contributed by atoms with E-state index in [2.05, 4.69) is 19.6 Å². The van der Waals surface area contributed by atoms with Crippen molar-refractivity contribution in [2.24, 2.45) is 0 Å². The molecule has 3 aromatic heterocycles. The fourth-order valence-electron chi connectivity index (χ4n) is 3.29. The van der Waals surface area contributed by atoms with E-state index in [4.69, 9.17) is 4.42 Å². The van der Waals surface area contributed by atoms with Crippen molar-refractivity contribution >= 4 is 33.5 Å². The number of anilines is 1. The Balaban J connectivity index is 1.51. The number of carbonyl (C=O) groups excluding carboxylic acids is 1. The summed E-state index contributed by atoms with van der Waals surface area (Å²) in [4.78, 5) is 20.2. The number of carbonyl (C=O) groups is 1. The van der Waals surface area contributed by atoms with Gasteiger partial charge in [-0.15, -0.1) is 0 Å². The summed E-state index contributed by atoms with van der Waals surface area (Å²) in [6, 6.07) is 5.60. The summed E-state index contributed by atoms with van der Waals surface area (Å²) >= 11 is 1.29. The molecular formula is C18H20N4O2S. The Morgan fingerprint density at radius 3 is 2.92 bits per heavy atom. The first-order valence-corrected chi connectivity index (χ1v) is 9.23. The number of rotatable bonds is 4. The predicted octanol–water partition coefficient (Wildman–Crippen LogP) is 3.75. The maximum Gasteiger partial charge on any atom is 0.292 e. The molecule has 7 heteroatoms. The Hall–Kier alpha value is -2.25. The van der Waals surface area contributed by atoms with Crippen LogP contribution in [0.4, 0.5) is 5.82 Å². The van der Waals surface area contributed by atoms with Gasteiger partial charge in [-0.2, -0.15) is 4.37 Å². The van der Waals surface area contributed by atoms with Crippen LogP contribution in [-0.2, 0) is 6.54 Å². The van der Waals surface area contributed by atoms with Crippen molar-refractivity contribution in [2.75, 3.05) is 18.4 Å². The van der Waals surface area contributed by atoms with E-state index in [0.717, 1.165) is 46.9 Å². The van der Waals surface area contributed by atoms with E-state index in [1.165, 1.54) is 24.4 Å². The third-order valence-electron chi connectivity index (χ3n) is 4.47. The molecule has 0 radical (unpaired) electrons. The largest absolute Gasteiger partial charge is 0.455 e. The first-order valence-electron chi connectivity index (χ1n) is 8.46. The van der Waals surface area contributed by atoms with E-state index in [1.807, 2.05) is 26.0 Å². The van der Waals surface area contributed by atoms with E-state index < -0.39 is 0 Å². The molecule has 0 spiro atoms. The zero-order valence-electron chi connectivity index (χ0n) is 14.3. The van der Waals surface area contributed by atoms with Crippen molar-refractivity contribution in [1.82, 2.24) is 14.3 Å². The number of pyridine rings is 1. The smallest absolute Gasteiger partial charge is 0.292 e. The first-order chi connectivity index (χ1) is 12.1. The van der Waals surface area contributed by atoms with Gasteiger partial charge in [0.25, 0.3) is 5.91 Å². The Labute approximate surface area is 150 Å². The van der Waals surface area contributed by atoms with Crippen LogP contribution in [0.15, 0.2) is 22.6 Å². The molecule has 1 saturated heterocycles. The molecule has 1 amide bonds. The molecule has 0 bridgehead atoms. The van der Waals surface area contributed by atoms with Crippen molar-refractivity contribution in [3.8, 4) is 0 Å². The van der Waals surface area contributed by atoms with Gasteiger partial charge in [0.2, 0.25) is 0 Å². The molecular weight excluding hydrogens is 336 g/mol. The van der Waals surface area contributed by atoms with Gasteiger partial charge in [0.15, 0.2) is 11.6 Å². The van der Waals surface area contributed by atoms with Crippen LogP contribution in [0.25, 0.3) is 10.2 Å². The van der Waals surface area contributed by atoms with E-state index in [-0.39, 0.29) is 5.91 Å². The molecule has 1 aliphatic rings. The zero-order chi connectivity index (χ0) is 17.4. The van der Waals surface area contributed by atoms with Crippen molar-refractivity contribution in [3.63, 3.8) is 0 Å². The van der Waals surface area contributed by atoms with Crippen LogP contribution in [0.2, 0.25) is 0 Å². The molecule has 130 valence electrons. The third kappa shape index (κ3) is 3.29. The second kappa shape index (κ2) is 6.57. The van der Waals surface area contributed by atoms with E-state index in [1.54, 1.807) is 6.07 Å². The summed E-state index contributed by atoms with van der Waals surface area (Å²) in [6.45, 7) is 6.91. The van der Waals surface area contributed by atoms with Gasteiger partial charge in [-0.05, 0) is 75.1 Å². The summed E-state index contributed by atoms with van der Waals surface area (Å²) in [5, 5.41) is 3.76. The monoisotopic (exact) mass is 356 g/mol. The van der Waals surface area contributed by atoms with E-state index in [9.17, 15) is 4.79 Å². The molecule has 4 rings (SSSR count). The summed E-state index contributed by atoms with van der Waals surface area (Å²) in [5.41, 5.74) is 2.00. The van der Waals surface area contributed by atoms with Gasteiger partial charge in [0, 0.05) is 5.69 Å². The molecule has 0 unspecified atom stereocenters. The fourth-order valence-corrected chi connectivity index (χ4v) is 4.14. The molecule has 0 saturated carbocycles. The number of amides is 1. The normalized spacial score (nSPS) is 15.1. The number of hydrogen-bond donors (Lipinski definition) is 1. The van der Waals surface area contributed by atoms with Crippen LogP contribution in [0, 0.1) is 13.8 Å². The highest BCUT2D eigenvalue weighted by Crippen LogP contribution is 2.29. The molecule has 0 aromatic carbocycles. The minimum Gasteiger partial charge on any atom is -0.455 e. The molecule has 3 aromatic rings. The number of likely N-dealkylation sites (tertiary alicyclic amines) is 1. The van der Waals surface area contributed by atoms with Crippen LogP contribution >= 0.6 is 11.5 Å². The Kier molecular flexibility index (Phi) is 4.27. The lowest BCUT2D eigenvalue weighted by Crippen LogP contribution is -2.18. The Bertz CT molecular complexity index is 924.